The fourth-order valence-corrected chi connectivity index (χ4v) is 2.22. The predicted octanol–water partition coefficient (Wildman–Crippen LogP) is 3.79. The van der Waals surface area contributed by atoms with Crippen molar-refractivity contribution in [2.24, 2.45) is 0 Å². The SMILES string of the molecule is CCOC(=O)CCC(=O)c1ccc(-c2ccc([N+](=O)[O-])cc2)cc1. The molecule has 2 aromatic rings. The van der Waals surface area contributed by atoms with Crippen LogP contribution in [0.5, 0.6) is 0 Å². The Morgan fingerprint density at radius 2 is 1.50 bits per heavy atom. The number of esters is 1. The van der Waals surface area contributed by atoms with E-state index in [4.69, 9.17) is 4.74 Å². The first-order chi connectivity index (χ1) is 11.5. The molecule has 0 heterocycles. The monoisotopic (exact) mass is 327 g/mol. The van der Waals surface area contributed by atoms with Crippen LogP contribution in [0, 0.1) is 10.1 Å². The van der Waals surface area contributed by atoms with E-state index in [1.165, 1.54) is 12.1 Å². The van der Waals surface area contributed by atoms with Gasteiger partial charge in [0.15, 0.2) is 5.78 Å². The van der Waals surface area contributed by atoms with Gasteiger partial charge >= 0.3 is 5.97 Å². The Morgan fingerprint density at radius 3 is 2.00 bits per heavy atom. The molecule has 0 N–H and O–H groups in total. The molecule has 0 saturated carbocycles. The number of non-ortho nitro benzene ring substituents is 1. The molecule has 0 bridgehead atoms. The lowest BCUT2D eigenvalue weighted by atomic mass is 10.0. The van der Waals surface area contributed by atoms with Crippen LogP contribution in [0.25, 0.3) is 11.1 Å². The van der Waals surface area contributed by atoms with Crippen LogP contribution in [0.2, 0.25) is 0 Å². The standard InChI is InChI=1S/C18H17NO5/c1-2-24-18(21)12-11-17(20)15-5-3-13(4-6-15)14-7-9-16(10-8-14)19(22)23/h3-10H,2,11-12H2,1H3. The lowest BCUT2D eigenvalue weighted by Crippen LogP contribution is -2.07. The van der Waals surface area contributed by atoms with Gasteiger partial charge < -0.3 is 4.74 Å². The highest BCUT2D eigenvalue weighted by Gasteiger charge is 2.10. The maximum atomic E-state index is 12.0. The molecule has 2 rings (SSSR count). The van der Waals surface area contributed by atoms with E-state index in [-0.39, 0.29) is 30.3 Å². The topological polar surface area (TPSA) is 86.5 Å². The van der Waals surface area contributed by atoms with Crippen molar-refractivity contribution in [3.05, 3.63) is 64.2 Å². The quantitative estimate of drug-likeness (QED) is 0.334. The average Bonchev–Trinajstić information content (AvgIpc) is 2.60. The van der Waals surface area contributed by atoms with Gasteiger partial charge in [0.1, 0.15) is 0 Å². The van der Waals surface area contributed by atoms with Crippen LogP contribution in [-0.4, -0.2) is 23.3 Å². The Morgan fingerprint density at radius 1 is 0.958 bits per heavy atom. The fraction of sp³-hybridized carbons (Fsp3) is 0.222. The highest BCUT2D eigenvalue weighted by molar-refractivity contribution is 5.97. The third-order valence-electron chi connectivity index (χ3n) is 3.48. The van der Waals surface area contributed by atoms with E-state index in [0.717, 1.165) is 11.1 Å². The summed E-state index contributed by atoms with van der Waals surface area (Å²) in [5.41, 5.74) is 2.23. The van der Waals surface area contributed by atoms with Crippen LogP contribution in [0.1, 0.15) is 30.1 Å². The van der Waals surface area contributed by atoms with Crippen LogP contribution in [0.15, 0.2) is 48.5 Å². The summed E-state index contributed by atoms with van der Waals surface area (Å²) in [7, 11) is 0. The van der Waals surface area contributed by atoms with Crippen molar-refractivity contribution in [1.82, 2.24) is 0 Å². The molecule has 0 saturated heterocycles. The molecular weight excluding hydrogens is 310 g/mol. The number of ether oxygens (including phenoxy) is 1. The first kappa shape index (κ1) is 17.3. The summed E-state index contributed by atoms with van der Waals surface area (Å²) in [6.07, 6.45) is 0.173. The van der Waals surface area contributed by atoms with Crippen molar-refractivity contribution in [3.63, 3.8) is 0 Å². The van der Waals surface area contributed by atoms with E-state index in [0.29, 0.717) is 12.2 Å². The van der Waals surface area contributed by atoms with E-state index >= 15 is 0 Å². The van der Waals surface area contributed by atoms with Gasteiger partial charge in [0.2, 0.25) is 0 Å². The van der Waals surface area contributed by atoms with Crippen molar-refractivity contribution in [2.75, 3.05) is 6.61 Å². The molecule has 0 fully saturated rings. The first-order valence-corrected chi connectivity index (χ1v) is 7.55. The average molecular weight is 327 g/mol. The first-order valence-electron chi connectivity index (χ1n) is 7.55. The summed E-state index contributed by atoms with van der Waals surface area (Å²) in [6.45, 7) is 2.02. The van der Waals surface area contributed by atoms with Crippen LogP contribution >= 0.6 is 0 Å². The van der Waals surface area contributed by atoms with Gasteiger partial charge in [-0.25, -0.2) is 0 Å². The third-order valence-corrected chi connectivity index (χ3v) is 3.48. The lowest BCUT2D eigenvalue weighted by Gasteiger charge is -2.05. The number of benzene rings is 2. The Balaban J connectivity index is 2.03. The van der Waals surface area contributed by atoms with Gasteiger partial charge in [-0.15, -0.1) is 0 Å². The number of hydrogen-bond acceptors (Lipinski definition) is 5. The number of Topliss-reactive ketones (excluding diaryl/α,β-unsaturated/α-hetero) is 1. The summed E-state index contributed by atoms with van der Waals surface area (Å²) < 4.78 is 4.79. The molecule has 0 aromatic heterocycles. The summed E-state index contributed by atoms with van der Waals surface area (Å²) in [5, 5.41) is 10.7. The van der Waals surface area contributed by atoms with Gasteiger partial charge in [-0.3, -0.25) is 19.7 Å². The molecule has 0 aliphatic carbocycles. The van der Waals surface area contributed by atoms with E-state index in [1.807, 2.05) is 0 Å². The molecule has 0 atom stereocenters. The minimum atomic E-state index is -0.449. The zero-order valence-electron chi connectivity index (χ0n) is 13.2. The Kier molecular flexibility index (Phi) is 5.78. The number of hydrogen-bond donors (Lipinski definition) is 0. The van der Waals surface area contributed by atoms with Gasteiger partial charge in [0, 0.05) is 24.1 Å². The molecule has 124 valence electrons. The summed E-state index contributed by atoms with van der Waals surface area (Å²) in [6, 6.07) is 13.1. The van der Waals surface area contributed by atoms with Crippen molar-refractivity contribution >= 4 is 17.4 Å². The number of nitro benzene ring substituents is 1. The minimum Gasteiger partial charge on any atom is -0.466 e. The van der Waals surface area contributed by atoms with Crippen LogP contribution < -0.4 is 0 Å². The molecule has 0 aliphatic heterocycles. The smallest absolute Gasteiger partial charge is 0.306 e. The highest BCUT2D eigenvalue weighted by atomic mass is 16.6. The van der Waals surface area contributed by atoms with Gasteiger partial charge in [-0.2, -0.15) is 0 Å². The summed E-state index contributed by atoms with van der Waals surface area (Å²) in [5.74, 6) is -0.508. The normalized spacial score (nSPS) is 10.2. The van der Waals surface area contributed by atoms with Crippen LogP contribution in [0.3, 0.4) is 0 Å². The van der Waals surface area contributed by atoms with Crippen LogP contribution in [-0.2, 0) is 9.53 Å². The van der Waals surface area contributed by atoms with Crippen molar-refractivity contribution in [3.8, 4) is 11.1 Å². The molecule has 6 heteroatoms. The maximum absolute atomic E-state index is 12.0. The number of rotatable bonds is 7. The van der Waals surface area contributed by atoms with Crippen molar-refractivity contribution in [1.29, 1.82) is 0 Å². The molecule has 6 nitrogen and oxygen atoms in total. The van der Waals surface area contributed by atoms with Gasteiger partial charge in [-0.1, -0.05) is 24.3 Å². The number of carbonyl (C=O) groups is 2. The molecule has 0 radical (unpaired) electrons. The van der Waals surface area contributed by atoms with Crippen LogP contribution in [0.4, 0.5) is 5.69 Å². The zero-order chi connectivity index (χ0) is 17.5. The molecular formula is C18H17NO5. The third kappa shape index (κ3) is 4.49. The molecule has 0 unspecified atom stereocenters. The maximum Gasteiger partial charge on any atom is 0.306 e. The van der Waals surface area contributed by atoms with Gasteiger partial charge in [0.25, 0.3) is 5.69 Å². The highest BCUT2D eigenvalue weighted by Crippen LogP contribution is 2.23. The van der Waals surface area contributed by atoms with Gasteiger partial charge in [-0.05, 0) is 30.2 Å². The van der Waals surface area contributed by atoms with E-state index in [2.05, 4.69) is 0 Å². The van der Waals surface area contributed by atoms with Gasteiger partial charge in [0.05, 0.1) is 18.0 Å². The minimum absolute atomic E-state index is 0.0320. The number of nitro groups is 1. The van der Waals surface area contributed by atoms with E-state index in [9.17, 15) is 19.7 Å². The summed E-state index contributed by atoms with van der Waals surface area (Å²) >= 11 is 0. The predicted molar refractivity (Wildman–Crippen MR) is 88.7 cm³/mol. The Hall–Kier alpha value is -3.02. The number of ketones is 1. The number of nitrogens with zero attached hydrogens (tertiary/aromatic N) is 1. The van der Waals surface area contributed by atoms with Crippen molar-refractivity contribution in [2.45, 2.75) is 19.8 Å². The second kappa shape index (κ2) is 8.01. The van der Waals surface area contributed by atoms with E-state index < -0.39 is 4.92 Å². The molecule has 2 aromatic carbocycles. The second-order valence-corrected chi connectivity index (χ2v) is 5.11. The molecule has 0 amide bonds. The van der Waals surface area contributed by atoms with E-state index in [1.54, 1.807) is 43.3 Å². The molecule has 24 heavy (non-hydrogen) atoms. The molecule has 0 aliphatic rings. The fourth-order valence-electron chi connectivity index (χ4n) is 2.22. The largest absolute Gasteiger partial charge is 0.466 e. The molecule has 0 spiro atoms. The number of carbonyl (C=O) groups excluding carboxylic acids is 2. The summed E-state index contributed by atoms with van der Waals surface area (Å²) in [4.78, 5) is 33.5. The zero-order valence-corrected chi connectivity index (χ0v) is 13.2. The second-order valence-electron chi connectivity index (χ2n) is 5.11. The Bertz CT molecular complexity index is 735. The van der Waals surface area contributed by atoms with Crippen molar-refractivity contribution < 1.29 is 19.2 Å². The Labute approximate surface area is 139 Å². The lowest BCUT2D eigenvalue weighted by molar-refractivity contribution is -0.384.